The minimum absolute atomic E-state index is 0.0238. The molecule has 1 fully saturated rings. The number of likely N-dealkylation sites (tertiary alicyclic amines) is 1. The summed E-state index contributed by atoms with van der Waals surface area (Å²) >= 11 is 0. The Labute approximate surface area is 121 Å². The number of nitrogens with zero attached hydrogens (tertiary/aromatic N) is 3. The summed E-state index contributed by atoms with van der Waals surface area (Å²) in [6.07, 6.45) is 1.11. The number of carbonyl (C=O) groups excluding carboxylic acids is 1. The molecule has 1 aromatic carbocycles. The van der Waals surface area contributed by atoms with Crippen LogP contribution in [0.15, 0.2) is 28.8 Å². The molecule has 1 aliphatic heterocycles. The number of aryl methyl sites for hydroxylation is 1. The number of aromatic nitrogens is 2. The summed E-state index contributed by atoms with van der Waals surface area (Å²) in [6, 6.07) is 6.51. The monoisotopic (exact) mass is 289 g/mol. The predicted molar refractivity (Wildman–Crippen MR) is 72.8 cm³/mol. The van der Waals surface area contributed by atoms with Crippen LogP contribution in [0.3, 0.4) is 0 Å². The molecule has 1 saturated heterocycles. The van der Waals surface area contributed by atoms with Crippen molar-refractivity contribution in [3.8, 4) is 0 Å². The van der Waals surface area contributed by atoms with Crippen LogP contribution in [0.4, 0.5) is 4.39 Å². The van der Waals surface area contributed by atoms with E-state index in [9.17, 15) is 9.18 Å². The first kappa shape index (κ1) is 13.7. The number of piperidine rings is 1. The quantitative estimate of drug-likeness (QED) is 0.870. The van der Waals surface area contributed by atoms with Crippen LogP contribution in [0, 0.1) is 12.7 Å². The van der Waals surface area contributed by atoms with Crippen molar-refractivity contribution in [2.45, 2.75) is 32.2 Å². The second-order valence-electron chi connectivity index (χ2n) is 5.28. The summed E-state index contributed by atoms with van der Waals surface area (Å²) in [5.74, 6) is 0.906. The van der Waals surface area contributed by atoms with Crippen LogP contribution in [0.2, 0.25) is 0 Å². The Balaban J connectivity index is 1.75. The van der Waals surface area contributed by atoms with Gasteiger partial charge in [-0.05, 0) is 19.4 Å². The van der Waals surface area contributed by atoms with Gasteiger partial charge in [0.2, 0.25) is 11.8 Å². The van der Waals surface area contributed by atoms with E-state index in [4.69, 9.17) is 4.52 Å². The Morgan fingerprint density at radius 1 is 1.43 bits per heavy atom. The van der Waals surface area contributed by atoms with Crippen molar-refractivity contribution >= 4 is 5.91 Å². The third-order valence-corrected chi connectivity index (χ3v) is 3.71. The summed E-state index contributed by atoms with van der Waals surface area (Å²) < 4.78 is 18.9. The van der Waals surface area contributed by atoms with E-state index < -0.39 is 0 Å². The molecule has 1 atom stereocenters. The Morgan fingerprint density at radius 3 is 2.95 bits per heavy atom. The first-order valence-corrected chi connectivity index (χ1v) is 6.95. The molecule has 0 N–H and O–H groups in total. The van der Waals surface area contributed by atoms with Crippen molar-refractivity contribution in [1.82, 2.24) is 15.0 Å². The van der Waals surface area contributed by atoms with Crippen LogP contribution in [-0.4, -0.2) is 27.5 Å². The molecule has 2 heterocycles. The number of rotatable bonds is 3. The zero-order chi connectivity index (χ0) is 14.8. The molecule has 1 aromatic heterocycles. The van der Waals surface area contributed by atoms with Gasteiger partial charge >= 0.3 is 0 Å². The first-order valence-electron chi connectivity index (χ1n) is 6.95. The zero-order valence-corrected chi connectivity index (χ0v) is 11.8. The van der Waals surface area contributed by atoms with E-state index in [0.29, 0.717) is 36.7 Å². The van der Waals surface area contributed by atoms with E-state index >= 15 is 0 Å². The van der Waals surface area contributed by atoms with Gasteiger partial charge in [-0.1, -0.05) is 23.4 Å². The molecular formula is C15H16FN3O2. The summed E-state index contributed by atoms with van der Waals surface area (Å²) in [5, 5.41) is 3.78. The lowest BCUT2D eigenvalue weighted by atomic mass is 9.97. The van der Waals surface area contributed by atoms with Crippen LogP contribution in [0.25, 0.3) is 0 Å². The zero-order valence-electron chi connectivity index (χ0n) is 11.8. The average molecular weight is 289 g/mol. The van der Waals surface area contributed by atoms with Gasteiger partial charge in [-0.2, -0.15) is 4.98 Å². The van der Waals surface area contributed by atoms with Gasteiger partial charge in [0.25, 0.3) is 0 Å². The lowest BCUT2D eigenvalue weighted by molar-refractivity contribution is -0.134. The fourth-order valence-electron chi connectivity index (χ4n) is 2.58. The Hall–Kier alpha value is -2.24. The minimum atomic E-state index is -0.291. The van der Waals surface area contributed by atoms with Crippen molar-refractivity contribution in [2.75, 3.05) is 6.54 Å². The standard InChI is InChI=1S/C15H16FN3O2/c1-10-17-15(21-18-10)12-6-7-14(20)19(9-12)8-11-4-2-3-5-13(11)16/h2-5,12H,6-9H2,1H3. The fourth-order valence-corrected chi connectivity index (χ4v) is 2.58. The topological polar surface area (TPSA) is 59.2 Å². The Kier molecular flexibility index (Phi) is 3.68. The number of benzene rings is 1. The number of hydrogen-bond donors (Lipinski definition) is 0. The lowest BCUT2D eigenvalue weighted by Gasteiger charge is -2.31. The molecule has 1 amide bonds. The maximum absolute atomic E-state index is 13.7. The molecule has 1 unspecified atom stereocenters. The molecule has 2 aromatic rings. The molecule has 21 heavy (non-hydrogen) atoms. The van der Waals surface area contributed by atoms with Crippen molar-refractivity contribution in [3.63, 3.8) is 0 Å². The lowest BCUT2D eigenvalue weighted by Crippen LogP contribution is -2.38. The number of amides is 1. The normalized spacial score (nSPS) is 19.0. The summed E-state index contributed by atoms with van der Waals surface area (Å²) in [4.78, 5) is 17.9. The maximum Gasteiger partial charge on any atom is 0.231 e. The van der Waals surface area contributed by atoms with Crippen LogP contribution in [0.1, 0.15) is 36.0 Å². The molecule has 6 heteroatoms. The number of halogens is 1. The van der Waals surface area contributed by atoms with E-state index in [1.165, 1.54) is 6.07 Å². The van der Waals surface area contributed by atoms with Gasteiger partial charge in [-0.25, -0.2) is 4.39 Å². The van der Waals surface area contributed by atoms with Crippen molar-refractivity contribution in [1.29, 1.82) is 0 Å². The summed E-state index contributed by atoms with van der Waals surface area (Å²) in [7, 11) is 0. The van der Waals surface area contributed by atoms with Crippen LogP contribution in [0.5, 0.6) is 0 Å². The van der Waals surface area contributed by atoms with Gasteiger partial charge in [0.05, 0.1) is 5.92 Å². The van der Waals surface area contributed by atoms with Crippen molar-refractivity contribution < 1.29 is 13.7 Å². The molecule has 1 aliphatic rings. The van der Waals surface area contributed by atoms with E-state index in [1.807, 2.05) is 0 Å². The fraction of sp³-hybridized carbons (Fsp3) is 0.400. The smallest absolute Gasteiger partial charge is 0.231 e. The van der Waals surface area contributed by atoms with Crippen molar-refractivity contribution in [2.24, 2.45) is 0 Å². The highest BCUT2D eigenvalue weighted by Gasteiger charge is 2.30. The molecule has 3 rings (SSSR count). The van der Waals surface area contributed by atoms with Crippen LogP contribution >= 0.6 is 0 Å². The van der Waals surface area contributed by atoms with Crippen molar-refractivity contribution in [3.05, 3.63) is 47.4 Å². The van der Waals surface area contributed by atoms with Gasteiger partial charge in [-0.3, -0.25) is 4.79 Å². The third-order valence-electron chi connectivity index (χ3n) is 3.71. The molecule has 0 bridgehead atoms. The average Bonchev–Trinajstić information content (AvgIpc) is 2.90. The number of carbonyl (C=O) groups is 1. The third kappa shape index (κ3) is 2.94. The van der Waals surface area contributed by atoms with E-state index in [2.05, 4.69) is 10.1 Å². The highest BCUT2D eigenvalue weighted by Crippen LogP contribution is 2.27. The summed E-state index contributed by atoms with van der Waals surface area (Å²) in [5.41, 5.74) is 0.521. The van der Waals surface area contributed by atoms with Crippen LogP contribution < -0.4 is 0 Å². The molecule has 0 aliphatic carbocycles. The van der Waals surface area contributed by atoms with E-state index in [-0.39, 0.29) is 24.2 Å². The van der Waals surface area contributed by atoms with Crippen LogP contribution in [-0.2, 0) is 11.3 Å². The van der Waals surface area contributed by atoms with Gasteiger partial charge in [0.1, 0.15) is 5.82 Å². The van der Waals surface area contributed by atoms with Gasteiger partial charge in [0, 0.05) is 25.1 Å². The highest BCUT2D eigenvalue weighted by molar-refractivity contribution is 5.77. The SMILES string of the molecule is Cc1noc(C2CCC(=O)N(Cc3ccccc3F)C2)n1. The Morgan fingerprint density at radius 2 is 2.24 bits per heavy atom. The van der Waals surface area contributed by atoms with E-state index in [0.717, 1.165) is 0 Å². The van der Waals surface area contributed by atoms with Gasteiger partial charge in [0.15, 0.2) is 5.82 Å². The summed E-state index contributed by atoms with van der Waals surface area (Å²) in [6.45, 7) is 2.52. The molecular weight excluding hydrogens is 273 g/mol. The molecule has 110 valence electrons. The maximum atomic E-state index is 13.7. The van der Waals surface area contributed by atoms with E-state index in [1.54, 1.807) is 30.0 Å². The number of hydrogen-bond acceptors (Lipinski definition) is 4. The van der Waals surface area contributed by atoms with Gasteiger partial charge in [-0.15, -0.1) is 0 Å². The Bertz CT molecular complexity index is 656. The predicted octanol–water partition coefficient (Wildman–Crippen LogP) is 2.42. The highest BCUT2D eigenvalue weighted by atomic mass is 19.1. The largest absolute Gasteiger partial charge is 0.339 e. The second-order valence-corrected chi connectivity index (χ2v) is 5.28. The first-order chi connectivity index (χ1) is 10.1. The minimum Gasteiger partial charge on any atom is -0.339 e. The molecule has 5 nitrogen and oxygen atoms in total. The molecule has 0 radical (unpaired) electrons. The second kappa shape index (κ2) is 5.63. The van der Waals surface area contributed by atoms with Gasteiger partial charge < -0.3 is 9.42 Å². The molecule has 0 saturated carbocycles. The molecule has 0 spiro atoms.